The average molecular weight is 374 g/mol. The van der Waals surface area contributed by atoms with Crippen molar-refractivity contribution in [2.45, 2.75) is 38.6 Å². The number of hydrogen-bond donors (Lipinski definition) is 3. The van der Waals surface area contributed by atoms with Gasteiger partial charge in [-0.3, -0.25) is 14.6 Å². The second kappa shape index (κ2) is 7.58. The third-order valence-corrected chi connectivity index (χ3v) is 5.04. The molecular formula is C14H22N4O4S2. The summed E-state index contributed by atoms with van der Waals surface area (Å²) in [4.78, 5) is 31.3. The van der Waals surface area contributed by atoms with Gasteiger partial charge in [0.05, 0.1) is 6.26 Å². The first-order valence-corrected chi connectivity index (χ1v) is 10.0. The topological polar surface area (TPSA) is 115 Å². The third kappa shape index (κ3) is 5.25. The van der Waals surface area contributed by atoms with Gasteiger partial charge in [0.1, 0.15) is 0 Å². The molecule has 0 unspecified atom stereocenters. The van der Waals surface area contributed by atoms with Crippen molar-refractivity contribution in [3.8, 4) is 0 Å². The standard InChI is InChI=1S/C14H22N4O4S2/c1-9-11(13(20)16-14(23)15-9)3-4-12(19)18-7-5-10(6-8-18)17-24(2,21)22/h10,17H,3-8H2,1-2H3,(H2,15,16,20,23). The molecule has 2 rings (SSSR count). The number of H-pyrrole nitrogens is 2. The van der Waals surface area contributed by atoms with Gasteiger partial charge in [-0.15, -0.1) is 0 Å². The van der Waals surface area contributed by atoms with E-state index in [-0.39, 0.29) is 28.7 Å². The number of nitrogens with one attached hydrogen (secondary N) is 3. The predicted octanol–water partition coefficient (Wildman–Crippen LogP) is 0.214. The number of carbonyl (C=O) groups excluding carboxylic acids is 1. The van der Waals surface area contributed by atoms with Crippen molar-refractivity contribution in [3.63, 3.8) is 0 Å². The predicted molar refractivity (Wildman–Crippen MR) is 92.9 cm³/mol. The highest BCUT2D eigenvalue weighted by Gasteiger charge is 2.24. The molecule has 0 saturated carbocycles. The van der Waals surface area contributed by atoms with Crippen molar-refractivity contribution in [2.24, 2.45) is 0 Å². The van der Waals surface area contributed by atoms with Crippen molar-refractivity contribution < 1.29 is 13.2 Å². The van der Waals surface area contributed by atoms with Crippen LogP contribution in [0.4, 0.5) is 0 Å². The zero-order chi connectivity index (χ0) is 17.9. The Morgan fingerprint density at radius 2 is 1.96 bits per heavy atom. The lowest BCUT2D eigenvalue weighted by atomic mass is 10.0. The van der Waals surface area contributed by atoms with E-state index in [4.69, 9.17) is 12.2 Å². The van der Waals surface area contributed by atoms with E-state index in [1.54, 1.807) is 11.8 Å². The normalized spacial score (nSPS) is 16.3. The second-order valence-electron chi connectivity index (χ2n) is 6.06. The first kappa shape index (κ1) is 18.8. The molecule has 1 fully saturated rings. The summed E-state index contributed by atoms with van der Waals surface area (Å²) in [6.45, 7) is 2.78. The van der Waals surface area contributed by atoms with Gasteiger partial charge in [-0.25, -0.2) is 13.1 Å². The molecule has 1 amide bonds. The maximum absolute atomic E-state index is 12.3. The van der Waals surface area contributed by atoms with Crippen LogP contribution in [0.25, 0.3) is 0 Å². The van der Waals surface area contributed by atoms with Crippen LogP contribution in [-0.4, -0.2) is 54.6 Å². The number of aromatic amines is 2. The van der Waals surface area contributed by atoms with Gasteiger partial charge >= 0.3 is 0 Å². The second-order valence-corrected chi connectivity index (χ2v) is 8.25. The van der Waals surface area contributed by atoms with Crippen LogP contribution >= 0.6 is 12.2 Å². The van der Waals surface area contributed by atoms with E-state index in [0.29, 0.717) is 43.6 Å². The lowest BCUT2D eigenvalue weighted by Crippen LogP contribution is -2.46. The van der Waals surface area contributed by atoms with E-state index < -0.39 is 10.0 Å². The Morgan fingerprint density at radius 1 is 1.33 bits per heavy atom. The summed E-state index contributed by atoms with van der Waals surface area (Å²) in [5, 5.41) is 0. The molecule has 1 aromatic rings. The first-order chi connectivity index (χ1) is 11.2. The SMILES string of the molecule is Cc1[nH]c(=S)[nH]c(=O)c1CCC(=O)N1CCC(NS(C)(=O)=O)CC1. The van der Waals surface area contributed by atoms with Crippen molar-refractivity contribution in [3.05, 3.63) is 26.4 Å². The van der Waals surface area contributed by atoms with Gasteiger partial charge in [-0.05, 0) is 38.4 Å². The summed E-state index contributed by atoms with van der Waals surface area (Å²) in [7, 11) is -3.22. The molecule has 1 aromatic heterocycles. The van der Waals surface area contributed by atoms with Gasteiger partial charge in [0.2, 0.25) is 15.9 Å². The summed E-state index contributed by atoms with van der Waals surface area (Å²) < 4.78 is 25.3. The van der Waals surface area contributed by atoms with E-state index in [9.17, 15) is 18.0 Å². The molecule has 2 heterocycles. The van der Waals surface area contributed by atoms with Crippen LogP contribution in [-0.2, 0) is 21.2 Å². The minimum Gasteiger partial charge on any atom is -0.343 e. The first-order valence-electron chi connectivity index (χ1n) is 7.73. The summed E-state index contributed by atoms with van der Waals surface area (Å²) in [5.74, 6) is -0.0333. The minimum atomic E-state index is -3.22. The Kier molecular flexibility index (Phi) is 5.94. The Morgan fingerprint density at radius 3 is 2.50 bits per heavy atom. The van der Waals surface area contributed by atoms with Crippen molar-refractivity contribution in [1.29, 1.82) is 0 Å². The number of rotatable bonds is 5. The van der Waals surface area contributed by atoms with Gasteiger partial charge in [-0.1, -0.05) is 0 Å². The monoisotopic (exact) mass is 374 g/mol. The van der Waals surface area contributed by atoms with Crippen LogP contribution in [0.3, 0.4) is 0 Å². The molecule has 0 atom stereocenters. The number of aryl methyl sites for hydroxylation is 1. The third-order valence-electron chi connectivity index (χ3n) is 4.07. The Bertz CT molecular complexity index is 820. The maximum Gasteiger partial charge on any atom is 0.255 e. The molecule has 134 valence electrons. The fourth-order valence-corrected chi connectivity index (χ4v) is 3.95. The van der Waals surface area contributed by atoms with Crippen LogP contribution in [0.15, 0.2) is 4.79 Å². The molecule has 0 radical (unpaired) electrons. The molecular weight excluding hydrogens is 352 g/mol. The van der Waals surface area contributed by atoms with Crippen molar-refractivity contribution >= 4 is 28.1 Å². The highest BCUT2D eigenvalue weighted by Crippen LogP contribution is 2.13. The summed E-state index contributed by atoms with van der Waals surface area (Å²) >= 11 is 4.90. The van der Waals surface area contributed by atoms with Crippen LogP contribution in [0.5, 0.6) is 0 Å². The zero-order valence-electron chi connectivity index (χ0n) is 13.7. The molecule has 8 nitrogen and oxygen atoms in total. The molecule has 24 heavy (non-hydrogen) atoms. The highest BCUT2D eigenvalue weighted by molar-refractivity contribution is 7.88. The Balaban J connectivity index is 1.89. The summed E-state index contributed by atoms with van der Waals surface area (Å²) in [6.07, 6.45) is 2.90. The van der Waals surface area contributed by atoms with Crippen molar-refractivity contribution in [1.82, 2.24) is 19.6 Å². The number of carbonyl (C=O) groups is 1. The van der Waals surface area contributed by atoms with Gasteiger partial charge < -0.3 is 9.88 Å². The van der Waals surface area contributed by atoms with E-state index >= 15 is 0 Å². The fraction of sp³-hybridized carbons (Fsp3) is 0.643. The lowest BCUT2D eigenvalue weighted by Gasteiger charge is -2.32. The molecule has 0 spiro atoms. The van der Waals surface area contributed by atoms with Crippen LogP contribution in [0, 0.1) is 11.7 Å². The number of sulfonamides is 1. The van der Waals surface area contributed by atoms with Crippen LogP contribution < -0.4 is 10.3 Å². The van der Waals surface area contributed by atoms with Crippen LogP contribution in [0.2, 0.25) is 0 Å². The highest BCUT2D eigenvalue weighted by atomic mass is 32.2. The number of hydrogen-bond acceptors (Lipinski definition) is 5. The number of piperidine rings is 1. The van der Waals surface area contributed by atoms with E-state index in [0.717, 1.165) is 6.26 Å². The number of likely N-dealkylation sites (tertiary alicyclic amines) is 1. The average Bonchev–Trinajstić information content (AvgIpc) is 2.45. The van der Waals surface area contributed by atoms with Gasteiger partial charge in [0, 0.05) is 36.8 Å². The van der Waals surface area contributed by atoms with Gasteiger partial charge in [0.25, 0.3) is 5.56 Å². The van der Waals surface area contributed by atoms with E-state index in [1.165, 1.54) is 0 Å². The smallest absolute Gasteiger partial charge is 0.255 e. The van der Waals surface area contributed by atoms with Gasteiger partial charge in [0.15, 0.2) is 4.77 Å². The van der Waals surface area contributed by atoms with Gasteiger partial charge in [-0.2, -0.15) is 0 Å². The molecule has 0 aliphatic carbocycles. The van der Waals surface area contributed by atoms with E-state index in [1.807, 2.05) is 0 Å². The molecule has 1 aliphatic rings. The summed E-state index contributed by atoms with van der Waals surface area (Å²) in [6, 6.07) is -0.122. The Hall–Kier alpha value is -1.52. The number of amides is 1. The Labute approximate surface area is 145 Å². The molecule has 1 aliphatic heterocycles. The maximum atomic E-state index is 12.3. The zero-order valence-corrected chi connectivity index (χ0v) is 15.3. The lowest BCUT2D eigenvalue weighted by molar-refractivity contribution is -0.132. The molecule has 1 saturated heterocycles. The molecule has 0 bridgehead atoms. The minimum absolute atomic E-state index is 0.0333. The quantitative estimate of drug-likeness (QED) is 0.638. The van der Waals surface area contributed by atoms with Crippen LogP contribution in [0.1, 0.15) is 30.5 Å². The fourth-order valence-electron chi connectivity index (χ4n) is 2.87. The molecule has 10 heteroatoms. The summed E-state index contributed by atoms with van der Waals surface area (Å²) in [5.41, 5.74) is 0.943. The number of aromatic nitrogens is 2. The molecule has 0 aromatic carbocycles. The number of nitrogens with zero attached hydrogens (tertiary/aromatic N) is 1. The van der Waals surface area contributed by atoms with Crippen molar-refractivity contribution in [2.75, 3.05) is 19.3 Å². The molecule has 3 N–H and O–H groups in total. The van der Waals surface area contributed by atoms with E-state index in [2.05, 4.69) is 14.7 Å². The largest absolute Gasteiger partial charge is 0.343 e.